The lowest BCUT2D eigenvalue weighted by Crippen LogP contribution is -2.52. The molecule has 0 saturated heterocycles. The molecule has 0 fully saturated rings. The number of halogens is 3. The first kappa shape index (κ1) is 16.1. The lowest BCUT2D eigenvalue weighted by molar-refractivity contribution is -0.174. The van der Waals surface area contributed by atoms with Crippen molar-refractivity contribution in [2.45, 2.75) is 19.1 Å². The normalized spacial score (nSPS) is 18.1. The Labute approximate surface area is 133 Å². The lowest BCUT2D eigenvalue weighted by Gasteiger charge is -2.20. The fourth-order valence-corrected chi connectivity index (χ4v) is 2.38. The minimum atomic E-state index is -5.08. The van der Waals surface area contributed by atoms with Crippen LogP contribution >= 0.6 is 0 Å². The number of aromatic nitrogens is 1. The molecule has 2 aromatic rings. The predicted molar refractivity (Wildman–Crippen MR) is 75.6 cm³/mol. The summed E-state index contributed by atoms with van der Waals surface area (Å²) in [5, 5.41) is 1.64. The van der Waals surface area contributed by atoms with E-state index in [9.17, 15) is 22.8 Å². The number of rotatable bonds is 1. The van der Waals surface area contributed by atoms with Gasteiger partial charge in [0.05, 0.1) is 5.69 Å². The Morgan fingerprint density at radius 2 is 2.12 bits per heavy atom. The van der Waals surface area contributed by atoms with E-state index in [-0.39, 0.29) is 5.75 Å². The number of hydrogen-bond acceptors (Lipinski definition) is 5. The smallest absolute Gasteiger partial charge is 0.471 e. The number of aryl methyl sites for hydroxylation is 1. The van der Waals surface area contributed by atoms with Crippen LogP contribution in [0.5, 0.6) is 5.75 Å². The van der Waals surface area contributed by atoms with Crippen LogP contribution in [0.2, 0.25) is 0 Å². The van der Waals surface area contributed by atoms with E-state index < -0.39 is 30.6 Å². The van der Waals surface area contributed by atoms with Gasteiger partial charge in [-0.25, -0.2) is 4.98 Å². The van der Waals surface area contributed by atoms with E-state index in [2.05, 4.69) is 4.98 Å². The summed E-state index contributed by atoms with van der Waals surface area (Å²) in [6, 6.07) is 1.58. The van der Waals surface area contributed by atoms with Crippen LogP contribution in [0.3, 0.4) is 0 Å². The second-order valence-corrected chi connectivity index (χ2v) is 5.25. The zero-order valence-electron chi connectivity index (χ0n) is 12.6. The lowest BCUT2D eigenvalue weighted by atomic mass is 10.2. The first-order valence-corrected chi connectivity index (χ1v) is 6.86. The summed E-state index contributed by atoms with van der Waals surface area (Å²) in [6.45, 7) is 1.22. The maximum atomic E-state index is 12.4. The number of fused-ring (bicyclic) bond motifs is 2. The van der Waals surface area contributed by atoms with Crippen molar-refractivity contribution in [1.82, 2.24) is 10.3 Å². The highest BCUT2D eigenvalue weighted by molar-refractivity contribution is 6.02. The predicted octanol–water partition coefficient (Wildman–Crippen LogP) is 1.54. The van der Waals surface area contributed by atoms with E-state index in [1.54, 1.807) is 12.2 Å². The third-order valence-electron chi connectivity index (χ3n) is 3.53. The SMILES string of the molecule is Cc1nc2cc3c(cc2o1)OC[C@H](NC(=O)C(F)(F)F)C(=O)N3C. The third kappa shape index (κ3) is 2.74. The van der Waals surface area contributed by atoms with Crippen LogP contribution in [0, 0.1) is 6.92 Å². The number of hydrogen-bond donors (Lipinski definition) is 1. The maximum Gasteiger partial charge on any atom is 0.471 e. The van der Waals surface area contributed by atoms with Crippen LogP contribution in [0.25, 0.3) is 11.1 Å². The highest BCUT2D eigenvalue weighted by Gasteiger charge is 2.42. The number of amides is 2. The fraction of sp³-hybridized carbons (Fsp3) is 0.357. The highest BCUT2D eigenvalue weighted by atomic mass is 19.4. The van der Waals surface area contributed by atoms with Crippen molar-refractivity contribution in [3.63, 3.8) is 0 Å². The molecule has 1 aliphatic rings. The highest BCUT2D eigenvalue weighted by Crippen LogP contribution is 2.35. The third-order valence-corrected chi connectivity index (χ3v) is 3.53. The summed E-state index contributed by atoms with van der Waals surface area (Å²) in [4.78, 5) is 28.7. The van der Waals surface area contributed by atoms with E-state index in [0.717, 1.165) is 4.90 Å². The Morgan fingerprint density at radius 3 is 2.79 bits per heavy atom. The molecule has 1 aromatic heterocycles. The molecule has 0 spiro atoms. The van der Waals surface area contributed by atoms with Gasteiger partial charge in [0.25, 0.3) is 5.91 Å². The molecule has 0 unspecified atom stereocenters. The second-order valence-electron chi connectivity index (χ2n) is 5.25. The van der Waals surface area contributed by atoms with E-state index in [0.29, 0.717) is 22.7 Å². The molecule has 1 aliphatic heterocycles. The van der Waals surface area contributed by atoms with Crippen LogP contribution < -0.4 is 15.0 Å². The summed E-state index contributed by atoms with van der Waals surface area (Å²) in [5.74, 6) is -2.26. The quantitative estimate of drug-likeness (QED) is 0.849. The number of ether oxygens (including phenoxy) is 1. The maximum absolute atomic E-state index is 12.4. The molecule has 0 radical (unpaired) electrons. The van der Waals surface area contributed by atoms with Gasteiger partial charge in [-0.15, -0.1) is 0 Å². The van der Waals surface area contributed by atoms with E-state index in [1.165, 1.54) is 19.2 Å². The van der Waals surface area contributed by atoms with Crippen molar-refractivity contribution < 1.29 is 31.9 Å². The summed E-state index contributed by atoms with van der Waals surface area (Å²) < 4.78 is 47.9. The number of anilines is 1. The van der Waals surface area contributed by atoms with Crippen LogP contribution in [-0.4, -0.2) is 42.7 Å². The molecule has 3 rings (SSSR count). The molecule has 128 valence electrons. The molecule has 2 heterocycles. The molecule has 0 bridgehead atoms. The summed E-state index contributed by atoms with van der Waals surface area (Å²) in [6.07, 6.45) is -5.08. The largest absolute Gasteiger partial charge is 0.489 e. The average molecular weight is 343 g/mol. The standard InChI is InChI=1S/C14H12F3N3O4/c1-6-18-7-3-9-11(4-10(7)24-6)23-5-8(12(21)20(9)2)19-13(22)14(15,16)17/h3-4,8H,5H2,1-2H3,(H,19,22)/t8-/m0/s1. The van der Waals surface area contributed by atoms with E-state index in [4.69, 9.17) is 9.15 Å². The van der Waals surface area contributed by atoms with Gasteiger partial charge in [0.1, 0.15) is 23.9 Å². The number of oxazole rings is 1. The Bertz CT molecular complexity index is 831. The number of carbonyl (C=O) groups excluding carboxylic acids is 2. The van der Waals surface area contributed by atoms with Crippen molar-refractivity contribution in [3.05, 3.63) is 18.0 Å². The van der Waals surface area contributed by atoms with Crippen molar-refractivity contribution in [3.8, 4) is 5.75 Å². The number of likely N-dealkylation sites (N-methyl/N-ethyl adjacent to an activating group) is 1. The molecule has 2 amide bonds. The van der Waals surface area contributed by atoms with Crippen molar-refractivity contribution in [2.24, 2.45) is 0 Å². The van der Waals surface area contributed by atoms with Gasteiger partial charge in [0, 0.05) is 20.0 Å². The van der Waals surface area contributed by atoms with E-state index in [1.807, 2.05) is 0 Å². The van der Waals surface area contributed by atoms with E-state index >= 15 is 0 Å². The molecule has 1 N–H and O–H groups in total. The Morgan fingerprint density at radius 1 is 1.42 bits per heavy atom. The van der Waals surface area contributed by atoms with Gasteiger partial charge in [0.2, 0.25) is 0 Å². The number of carbonyl (C=O) groups is 2. The van der Waals surface area contributed by atoms with Gasteiger partial charge in [-0.2, -0.15) is 13.2 Å². The Hall–Kier alpha value is -2.78. The van der Waals surface area contributed by atoms with Gasteiger partial charge in [-0.1, -0.05) is 0 Å². The number of alkyl halides is 3. The van der Waals surface area contributed by atoms with Crippen LogP contribution in [0.1, 0.15) is 5.89 Å². The van der Waals surface area contributed by atoms with Crippen LogP contribution in [-0.2, 0) is 9.59 Å². The molecule has 0 saturated carbocycles. The summed E-state index contributed by atoms with van der Waals surface area (Å²) >= 11 is 0. The topological polar surface area (TPSA) is 84.7 Å². The molecule has 10 heteroatoms. The van der Waals surface area contributed by atoms with Gasteiger partial charge in [0.15, 0.2) is 11.5 Å². The fourth-order valence-electron chi connectivity index (χ4n) is 2.38. The van der Waals surface area contributed by atoms with Crippen LogP contribution in [0.4, 0.5) is 18.9 Å². The van der Waals surface area contributed by atoms with Crippen LogP contribution in [0.15, 0.2) is 16.5 Å². The molecular formula is C14H12F3N3O4. The molecule has 1 atom stereocenters. The minimum absolute atomic E-state index is 0.248. The Balaban J connectivity index is 1.92. The number of nitrogens with zero attached hydrogens (tertiary/aromatic N) is 2. The van der Waals surface area contributed by atoms with Gasteiger partial charge in [-0.3, -0.25) is 9.59 Å². The minimum Gasteiger partial charge on any atom is -0.489 e. The number of benzene rings is 1. The van der Waals surface area contributed by atoms with Crippen molar-refractivity contribution in [1.29, 1.82) is 0 Å². The second kappa shape index (κ2) is 5.39. The average Bonchev–Trinajstić information content (AvgIpc) is 2.81. The molecule has 1 aromatic carbocycles. The van der Waals surface area contributed by atoms with Crippen molar-refractivity contribution in [2.75, 3.05) is 18.6 Å². The monoisotopic (exact) mass is 343 g/mol. The molecule has 7 nitrogen and oxygen atoms in total. The zero-order valence-corrected chi connectivity index (χ0v) is 12.6. The molecule has 0 aliphatic carbocycles. The van der Waals surface area contributed by atoms with Crippen molar-refractivity contribution >= 4 is 28.6 Å². The summed E-state index contributed by atoms with van der Waals surface area (Å²) in [5.41, 5.74) is 1.22. The van der Waals surface area contributed by atoms with Gasteiger partial charge in [-0.05, 0) is 6.07 Å². The first-order valence-electron chi connectivity index (χ1n) is 6.86. The first-order chi connectivity index (χ1) is 11.2. The zero-order chi connectivity index (χ0) is 17.6. The van der Waals surface area contributed by atoms with Gasteiger partial charge < -0.3 is 19.4 Å². The Kier molecular flexibility index (Phi) is 3.61. The summed E-state index contributed by atoms with van der Waals surface area (Å²) in [7, 11) is 1.38. The molecular weight excluding hydrogens is 331 g/mol. The van der Waals surface area contributed by atoms with Gasteiger partial charge >= 0.3 is 12.1 Å². The number of nitrogens with one attached hydrogen (secondary N) is 1. The molecule has 24 heavy (non-hydrogen) atoms.